The standard InChI is InChI=1S/C17H25BrN2O2.C9H18N2O2.C8H7BrO.CH4/c1-13-5-6-14(11-15(13)18)12-19-7-9-20(10-8-19)16(21)22-17(2,3)4;1-9(2,3)13-8(12)11-6-4-10-5-7-11;1-6-2-3-7(5-10)4-8(6)9;/h5-6,11H,7-10,12H2,1-4H3;10H,4-7H2,1-3H3;2-5H,1H3;1H4. The van der Waals surface area contributed by atoms with Gasteiger partial charge in [0, 0.05) is 73.4 Å². The van der Waals surface area contributed by atoms with Crippen molar-refractivity contribution in [1.82, 2.24) is 20.0 Å². The first-order valence-corrected chi connectivity index (χ1v) is 16.9. The molecular weight excluding hydrogens is 716 g/mol. The van der Waals surface area contributed by atoms with Crippen LogP contribution < -0.4 is 5.32 Å². The molecule has 2 heterocycles. The number of piperazine rings is 2. The number of hydrogen-bond acceptors (Lipinski definition) is 7. The van der Waals surface area contributed by atoms with Gasteiger partial charge in [0.15, 0.2) is 0 Å². The summed E-state index contributed by atoms with van der Waals surface area (Å²) in [4.78, 5) is 39.7. The second-order valence-electron chi connectivity index (χ2n) is 13.2. The number of halogens is 2. The Morgan fingerprint density at radius 2 is 1.22 bits per heavy atom. The lowest BCUT2D eigenvalue weighted by Crippen LogP contribution is -2.49. The summed E-state index contributed by atoms with van der Waals surface area (Å²) < 4.78 is 12.8. The molecule has 258 valence electrons. The van der Waals surface area contributed by atoms with Crippen LogP contribution in [0.2, 0.25) is 0 Å². The number of ether oxygens (including phenoxy) is 2. The third-order valence-corrected chi connectivity index (χ3v) is 8.48. The zero-order valence-corrected chi connectivity index (χ0v) is 31.2. The minimum atomic E-state index is -0.428. The molecule has 1 N–H and O–H groups in total. The zero-order chi connectivity index (χ0) is 33.8. The monoisotopic (exact) mass is 768 g/mol. The molecular formula is C35H54Br2N4O5. The number of amides is 2. The fourth-order valence-corrected chi connectivity index (χ4v) is 5.09. The van der Waals surface area contributed by atoms with Crippen LogP contribution in [0.4, 0.5) is 9.59 Å². The molecule has 2 aliphatic heterocycles. The van der Waals surface area contributed by atoms with Crippen LogP contribution >= 0.6 is 31.9 Å². The third-order valence-electron chi connectivity index (χ3n) is 6.77. The van der Waals surface area contributed by atoms with Crippen LogP contribution in [0.3, 0.4) is 0 Å². The van der Waals surface area contributed by atoms with Gasteiger partial charge in [-0.25, -0.2) is 9.59 Å². The Hall–Kier alpha value is -2.47. The molecule has 46 heavy (non-hydrogen) atoms. The van der Waals surface area contributed by atoms with Gasteiger partial charge in [0.25, 0.3) is 0 Å². The van der Waals surface area contributed by atoms with Crippen molar-refractivity contribution in [2.45, 2.75) is 80.6 Å². The Bertz CT molecular complexity index is 1260. The van der Waals surface area contributed by atoms with E-state index in [1.807, 2.05) is 60.6 Å². The first kappa shape index (κ1) is 41.6. The van der Waals surface area contributed by atoms with Crippen LogP contribution in [0.5, 0.6) is 0 Å². The average molecular weight is 771 g/mol. The molecule has 11 heteroatoms. The van der Waals surface area contributed by atoms with Crippen LogP contribution in [0.1, 0.15) is 76.0 Å². The number of hydrogen-bond donors (Lipinski definition) is 1. The average Bonchev–Trinajstić information content (AvgIpc) is 2.96. The number of rotatable bonds is 3. The number of benzene rings is 2. The van der Waals surface area contributed by atoms with Crippen molar-refractivity contribution in [3.05, 3.63) is 67.6 Å². The Morgan fingerprint density at radius 3 is 1.65 bits per heavy atom. The highest BCUT2D eigenvalue weighted by atomic mass is 79.9. The summed E-state index contributed by atoms with van der Waals surface area (Å²) in [5.41, 5.74) is 3.58. The smallest absolute Gasteiger partial charge is 0.410 e. The molecule has 0 aromatic heterocycles. The topological polar surface area (TPSA) is 91.4 Å². The number of carbonyl (C=O) groups excluding carboxylic acids is 3. The Morgan fingerprint density at radius 1 is 0.761 bits per heavy atom. The molecule has 0 aliphatic carbocycles. The van der Waals surface area contributed by atoms with Crippen LogP contribution in [0.15, 0.2) is 45.3 Å². The Balaban J connectivity index is 0.000000375. The minimum absolute atomic E-state index is 0. The summed E-state index contributed by atoms with van der Waals surface area (Å²) in [6, 6.07) is 12.0. The Labute approximate surface area is 293 Å². The van der Waals surface area contributed by atoms with Gasteiger partial charge in [-0.05, 0) is 84.2 Å². The van der Waals surface area contributed by atoms with Gasteiger partial charge in [-0.2, -0.15) is 0 Å². The molecule has 2 aliphatic rings. The number of nitrogens with one attached hydrogen (secondary N) is 1. The molecule has 0 saturated carbocycles. The molecule has 2 fully saturated rings. The maximum absolute atomic E-state index is 12.0. The summed E-state index contributed by atoms with van der Waals surface area (Å²) in [5, 5.41) is 3.18. The SMILES string of the molecule is C.CC(C)(C)OC(=O)N1CCNCC1.Cc1ccc(C=O)cc1Br.Cc1ccc(CN2CCN(C(=O)OC(C)(C)C)CC2)cc1Br. The molecule has 2 saturated heterocycles. The van der Waals surface area contributed by atoms with Gasteiger partial charge in [0.05, 0.1) is 0 Å². The summed E-state index contributed by atoms with van der Waals surface area (Å²) >= 11 is 6.91. The van der Waals surface area contributed by atoms with Crippen molar-refractivity contribution < 1.29 is 23.9 Å². The van der Waals surface area contributed by atoms with Crippen molar-refractivity contribution >= 4 is 50.3 Å². The van der Waals surface area contributed by atoms with E-state index in [1.54, 1.807) is 15.9 Å². The molecule has 4 rings (SSSR count). The highest BCUT2D eigenvalue weighted by molar-refractivity contribution is 9.10. The van der Waals surface area contributed by atoms with Gasteiger partial charge in [-0.3, -0.25) is 9.69 Å². The number of nitrogens with zero attached hydrogens (tertiary/aromatic N) is 3. The third kappa shape index (κ3) is 15.9. The van der Waals surface area contributed by atoms with Crippen molar-refractivity contribution in [2.24, 2.45) is 0 Å². The number of carbonyl (C=O) groups is 3. The van der Waals surface area contributed by atoms with E-state index >= 15 is 0 Å². The lowest BCUT2D eigenvalue weighted by atomic mass is 10.1. The lowest BCUT2D eigenvalue weighted by Gasteiger charge is -2.35. The van der Waals surface area contributed by atoms with E-state index < -0.39 is 5.60 Å². The van der Waals surface area contributed by atoms with Gasteiger partial charge in [-0.1, -0.05) is 63.6 Å². The quantitative estimate of drug-likeness (QED) is 0.318. The molecule has 2 amide bonds. The highest BCUT2D eigenvalue weighted by Crippen LogP contribution is 2.20. The van der Waals surface area contributed by atoms with Crippen LogP contribution in [0, 0.1) is 13.8 Å². The van der Waals surface area contributed by atoms with E-state index in [4.69, 9.17) is 9.47 Å². The van der Waals surface area contributed by atoms with E-state index in [1.165, 1.54) is 11.1 Å². The Kier molecular flexibility index (Phi) is 17.5. The van der Waals surface area contributed by atoms with Crippen molar-refractivity contribution in [3.63, 3.8) is 0 Å². The lowest BCUT2D eigenvalue weighted by molar-refractivity contribution is 0.0138. The maximum atomic E-state index is 12.0. The number of aldehydes is 1. The maximum Gasteiger partial charge on any atom is 0.410 e. The van der Waals surface area contributed by atoms with Gasteiger partial charge in [0.1, 0.15) is 17.5 Å². The molecule has 0 atom stereocenters. The van der Waals surface area contributed by atoms with E-state index in [0.717, 1.165) is 79.7 Å². The molecule has 2 aromatic carbocycles. The largest absolute Gasteiger partial charge is 0.444 e. The van der Waals surface area contributed by atoms with E-state index in [9.17, 15) is 14.4 Å². The zero-order valence-electron chi connectivity index (χ0n) is 28.0. The first-order chi connectivity index (χ1) is 21.0. The second-order valence-corrected chi connectivity index (χ2v) is 14.9. The van der Waals surface area contributed by atoms with E-state index in [2.05, 4.69) is 67.2 Å². The molecule has 0 radical (unpaired) electrons. The predicted octanol–water partition coefficient (Wildman–Crippen LogP) is 7.84. The molecule has 0 spiro atoms. The van der Waals surface area contributed by atoms with Gasteiger partial charge in [-0.15, -0.1) is 0 Å². The summed E-state index contributed by atoms with van der Waals surface area (Å²) in [6.07, 6.45) is 0.434. The van der Waals surface area contributed by atoms with E-state index in [-0.39, 0.29) is 25.2 Å². The van der Waals surface area contributed by atoms with Gasteiger partial charge >= 0.3 is 12.2 Å². The molecule has 0 bridgehead atoms. The number of aryl methyl sites for hydroxylation is 2. The van der Waals surface area contributed by atoms with Gasteiger partial charge in [0.2, 0.25) is 0 Å². The van der Waals surface area contributed by atoms with Crippen LogP contribution in [-0.4, -0.2) is 96.7 Å². The molecule has 2 aromatic rings. The highest BCUT2D eigenvalue weighted by Gasteiger charge is 2.26. The van der Waals surface area contributed by atoms with Crippen molar-refractivity contribution in [3.8, 4) is 0 Å². The molecule has 0 unspecified atom stereocenters. The van der Waals surface area contributed by atoms with Crippen molar-refractivity contribution in [2.75, 3.05) is 52.4 Å². The first-order valence-electron chi connectivity index (χ1n) is 15.3. The fourth-order valence-electron chi connectivity index (χ4n) is 4.26. The van der Waals surface area contributed by atoms with Crippen molar-refractivity contribution in [1.29, 1.82) is 0 Å². The fraction of sp³-hybridized carbons (Fsp3) is 0.571. The predicted molar refractivity (Wildman–Crippen MR) is 194 cm³/mol. The molecule has 9 nitrogen and oxygen atoms in total. The summed E-state index contributed by atoms with van der Waals surface area (Å²) in [7, 11) is 0. The van der Waals surface area contributed by atoms with E-state index in [0.29, 0.717) is 5.56 Å². The van der Waals surface area contributed by atoms with Gasteiger partial charge < -0.3 is 24.6 Å². The van der Waals surface area contributed by atoms with Crippen LogP contribution in [-0.2, 0) is 16.0 Å². The second kappa shape index (κ2) is 19.4. The summed E-state index contributed by atoms with van der Waals surface area (Å²) in [5.74, 6) is 0. The minimum Gasteiger partial charge on any atom is -0.444 e. The summed E-state index contributed by atoms with van der Waals surface area (Å²) in [6.45, 7) is 22.8. The normalized spacial score (nSPS) is 15.3. The van der Waals surface area contributed by atoms with Crippen LogP contribution in [0.25, 0.3) is 0 Å².